The fraction of sp³-hybridized carbons (Fsp3) is 1.00. The predicted molar refractivity (Wildman–Crippen MR) is 111 cm³/mol. The maximum absolute atomic E-state index is 10.2. The van der Waals surface area contributed by atoms with Crippen molar-refractivity contribution in [2.45, 2.75) is 71.1 Å². The fourth-order valence-electron chi connectivity index (χ4n) is 2.04. The van der Waals surface area contributed by atoms with Crippen LogP contribution in [0, 0.1) is 0 Å². The van der Waals surface area contributed by atoms with Gasteiger partial charge in [-0.3, -0.25) is 4.55 Å². The van der Waals surface area contributed by atoms with E-state index in [1.165, 1.54) is 44.9 Å². The van der Waals surface area contributed by atoms with E-state index in [0.29, 0.717) is 19.5 Å². The second-order valence-corrected chi connectivity index (χ2v) is 7.17. The minimum atomic E-state index is -4.23. The van der Waals surface area contributed by atoms with Gasteiger partial charge in [-0.05, 0) is 6.42 Å². The van der Waals surface area contributed by atoms with Gasteiger partial charge < -0.3 is 25.7 Å². The van der Waals surface area contributed by atoms with E-state index in [1.807, 2.05) is 0 Å². The van der Waals surface area contributed by atoms with Gasteiger partial charge in [-0.2, -0.15) is 8.42 Å². The average molecular weight is 434 g/mol. The maximum atomic E-state index is 10.2. The number of aliphatic hydroxyl groups is 4. The van der Waals surface area contributed by atoms with Crippen LogP contribution in [0.3, 0.4) is 0 Å². The fourth-order valence-corrected chi connectivity index (χ4v) is 2.37. The van der Waals surface area contributed by atoms with E-state index in [1.54, 1.807) is 0 Å². The highest BCUT2D eigenvalue weighted by Crippen LogP contribution is 2.10. The quantitative estimate of drug-likeness (QED) is 0.147. The van der Waals surface area contributed by atoms with Crippen LogP contribution in [0.1, 0.15) is 71.1 Å². The lowest BCUT2D eigenvalue weighted by Gasteiger charge is -2.02. The van der Waals surface area contributed by atoms with Crippen LogP contribution in [0.5, 0.6) is 0 Å². The summed E-state index contributed by atoms with van der Waals surface area (Å²) in [5.74, 6) is 0. The number of aliphatic hydroxyl groups excluding tert-OH is 4. The highest BCUT2D eigenvalue weighted by atomic mass is 32.3. The van der Waals surface area contributed by atoms with E-state index in [2.05, 4.69) is 16.4 Å². The molecule has 0 atom stereocenters. The predicted octanol–water partition coefficient (Wildman–Crippen LogP) is 1.26. The van der Waals surface area contributed by atoms with Gasteiger partial charge in [-0.25, -0.2) is 4.18 Å². The standard InChI is InChI=1S/C12H26O4S.C4H11NO2.C2H6O2/c1-2-3-4-5-6-7-8-9-10-11-12-16-17(13,14)15;6-3-1-5-2-4-7;3-1-2-4/h2-12H2,1H3,(H,13,14,15);5-7H,1-4H2;3-4H,1-2H2. The maximum Gasteiger partial charge on any atom is 0.397 e. The molecule has 9 nitrogen and oxygen atoms in total. The second kappa shape index (κ2) is 28.9. The van der Waals surface area contributed by atoms with Crippen LogP contribution in [-0.4, -0.2) is 79.5 Å². The molecular weight excluding hydrogens is 390 g/mol. The molecule has 0 aliphatic carbocycles. The summed E-state index contributed by atoms with van der Waals surface area (Å²) in [5, 5.41) is 34.3. The normalized spacial score (nSPS) is 10.6. The van der Waals surface area contributed by atoms with E-state index in [0.717, 1.165) is 12.8 Å². The Balaban J connectivity index is -0.000000466. The molecule has 174 valence electrons. The van der Waals surface area contributed by atoms with Gasteiger partial charge in [-0.15, -0.1) is 0 Å². The Morgan fingerprint density at radius 3 is 1.39 bits per heavy atom. The number of nitrogens with one attached hydrogen (secondary N) is 1. The zero-order valence-corrected chi connectivity index (χ0v) is 18.2. The first-order valence-electron chi connectivity index (χ1n) is 10.2. The second-order valence-electron chi connectivity index (χ2n) is 6.08. The average Bonchev–Trinajstić information content (AvgIpc) is 2.66. The van der Waals surface area contributed by atoms with E-state index >= 15 is 0 Å². The minimum absolute atomic E-state index is 0.0926. The lowest BCUT2D eigenvalue weighted by Crippen LogP contribution is -2.21. The molecule has 0 unspecified atom stereocenters. The van der Waals surface area contributed by atoms with Crippen molar-refractivity contribution in [2.24, 2.45) is 0 Å². The van der Waals surface area contributed by atoms with E-state index in [9.17, 15) is 8.42 Å². The van der Waals surface area contributed by atoms with E-state index in [4.69, 9.17) is 25.0 Å². The Morgan fingerprint density at radius 2 is 1.07 bits per heavy atom. The van der Waals surface area contributed by atoms with Gasteiger partial charge in [0.15, 0.2) is 0 Å². The van der Waals surface area contributed by atoms with Crippen LogP contribution in [0.2, 0.25) is 0 Å². The molecule has 0 saturated heterocycles. The van der Waals surface area contributed by atoms with E-state index in [-0.39, 0.29) is 33.0 Å². The van der Waals surface area contributed by atoms with Crippen molar-refractivity contribution in [3.05, 3.63) is 0 Å². The van der Waals surface area contributed by atoms with Crippen LogP contribution < -0.4 is 5.32 Å². The molecule has 0 radical (unpaired) electrons. The first-order valence-corrected chi connectivity index (χ1v) is 11.5. The molecule has 0 heterocycles. The van der Waals surface area contributed by atoms with Crippen molar-refractivity contribution >= 4 is 10.4 Å². The van der Waals surface area contributed by atoms with Crippen LogP contribution in [-0.2, 0) is 14.6 Å². The molecule has 0 fully saturated rings. The van der Waals surface area contributed by atoms with Crippen LogP contribution in [0.15, 0.2) is 0 Å². The lowest BCUT2D eigenvalue weighted by molar-refractivity contribution is 0.186. The summed E-state index contributed by atoms with van der Waals surface area (Å²) in [6, 6.07) is 0. The molecule has 0 aromatic heterocycles. The summed E-state index contributed by atoms with van der Waals surface area (Å²) in [6.07, 6.45) is 11.9. The molecule has 28 heavy (non-hydrogen) atoms. The molecule has 0 aromatic rings. The smallest absolute Gasteiger partial charge is 0.395 e. The molecule has 0 spiro atoms. The Kier molecular flexibility index (Phi) is 33.3. The number of hydrogen-bond acceptors (Lipinski definition) is 8. The van der Waals surface area contributed by atoms with Crippen molar-refractivity contribution in [3.8, 4) is 0 Å². The Hall–Kier alpha value is -0.330. The third-order valence-electron chi connectivity index (χ3n) is 3.41. The van der Waals surface area contributed by atoms with E-state index < -0.39 is 10.4 Å². The number of rotatable bonds is 17. The van der Waals surface area contributed by atoms with Gasteiger partial charge in [-0.1, -0.05) is 64.7 Å². The van der Waals surface area contributed by atoms with Gasteiger partial charge >= 0.3 is 10.4 Å². The zero-order chi connectivity index (χ0) is 21.9. The monoisotopic (exact) mass is 433 g/mol. The molecular formula is C18H43NO8S. The Labute approximate surface area is 171 Å². The van der Waals surface area contributed by atoms with Crippen molar-refractivity contribution in [3.63, 3.8) is 0 Å². The summed E-state index contributed by atoms with van der Waals surface area (Å²) in [4.78, 5) is 0. The van der Waals surface area contributed by atoms with Crippen LogP contribution in [0.25, 0.3) is 0 Å². The summed E-state index contributed by atoms with van der Waals surface area (Å²) >= 11 is 0. The summed E-state index contributed by atoms with van der Waals surface area (Å²) in [6.45, 7) is 3.48. The topological polar surface area (TPSA) is 157 Å². The van der Waals surface area contributed by atoms with Crippen molar-refractivity contribution in [2.75, 3.05) is 46.1 Å². The highest BCUT2D eigenvalue weighted by Gasteiger charge is 2.02. The molecule has 0 amide bonds. The molecule has 0 saturated carbocycles. The number of unbranched alkanes of at least 4 members (excludes halogenated alkanes) is 9. The van der Waals surface area contributed by atoms with Crippen molar-refractivity contribution < 1.29 is 37.6 Å². The third-order valence-corrected chi connectivity index (χ3v) is 3.87. The summed E-state index contributed by atoms with van der Waals surface area (Å²) < 4.78 is 33.0. The zero-order valence-electron chi connectivity index (χ0n) is 17.4. The third kappa shape index (κ3) is 44.8. The Bertz CT molecular complexity index is 349. The first kappa shape index (κ1) is 32.3. The van der Waals surface area contributed by atoms with Crippen LogP contribution in [0.4, 0.5) is 0 Å². The summed E-state index contributed by atoms with van der Waals surface area (Å²) in [5.41, 5.74) is 0. The molecule has 0 rings (SSSR count). The van der Waals surface area contributed by atoms with Gasteiger partial charge in [0, 0.05) is 13.1 Å². The molecule has 0 bridgehead atoms. The van der Waals surface area contributed by atoms with Gasteiger partial charge in [0.05, 0.1) is 33.0 Å². The van der Waals surface area contributed by atoms with Crippen molar-refractivity contribution in [1.82, 2.24) is 5.32 Å². The lowest BCUT2D eigenvalue weighted by atomic mass is 10.1. The molecule has 0 aliphatic heterocycles. The largest absolute Gasteiger partial charge is 0.397 e. The SMILES string of the molecule is CCCCCCCCCCCCOS(=O)(=O)O.OCCNCCO.OCCO. The van der Waals surface area contributed by atoms with Gasteiger partial charge in [0.25, 0.3) is 0 Å². The first-order chi connectivity index (χ1) is 13.4. The highest BCUT2D eigenvalue weighted by molar-refractivity contribution is 7.80. The Morgan fingerprint density at radius 1 is 0.679 bits per heavy atom. The van der Waals surface area contributed by atoms with Gasteiger partial charge in [0.1, 0.15) is 0 Å². The van der Waals surface area contributed by atoms with Crippen molar-refractivity contribution in [1.29, 1.82) is 0 Å². The van der Waals surface area contributed by atoms with Gasteiger partial charge in [0.2, 0.25) is 0 Å². The number of hydrogen-bond donors (Lipinski definition) is 6. The molecule has 0 aromatic carbocycles. The summed E-state index contributed by atoms with van der Waals surface area (Å²) in [7, 11) is -4.23. The minimum Gasteiger partial charge on any atom is -0.395 e. The molecule has 0 aliphatic rings. The molecule has 10 heteroatoms. The molecule has 6 N–H and O–H groups in total. The van der Waals surface area contributed by atoms with Crippen LogP contribution >= 0.6 is 0 Å².